The van der Waals surface area contributed by atoms with Crippen molar-refractivity contribution in [1.82, 2.24) is 24.6 Å². The average molecular weight is 387 g/mol. The zero-order chi connectivity index (χ0) is 19.7. The molecule has 0 saturated heterocycles. The lowest BCUT2D eigenvalue weighted by atomic mass is 10.3. The molecule has 0 amide bonds. The van der Waals surface area contributed by atoms with Gasteiger partial charge in [0.1, 0.15) is 36.0 Å². The number of hydrogen-bond acceptors (Lipinski definition) is 7. The number of nitrogens with one attached hydrogen (secondary N) is 1. The Hall–Kier alpha value is -3.24. The molecule has 0 fully saturated rings. The van der Waals surface area contributed by atoms with Gasteiger partial charge in [0.05, 0.1) is 24.4 Å². The minimum atomic E-state index is -0.762. The summed E-state index contributed by atoms with van der Waals surface area (Å²) in [6.07, 6.45) is 5.08. The lowest BCUT2D eigenvalue weighted by molar-refractivity contribution is 0.0324. The van der Waals surface area contributed by atoms with E-state index in [1.165, 1.54) is 24.1 Å². The highest BCUT2D eigenvalue weighted by atomic mass is 19.1. The summed E-state index contributed by atoms with van der Waals surface area (Å²) in [5.41, 5.74) is 1.64. The molecule has 146 valence electrons. The molecule has 4 rings (SSSR count). The third-order valence-corrected chi connectivity index (χ3v) is 4.23. The number of ether oxygens (including phenoxy) is 3. The SMILES string of the molecule is COC[C@H](O)COc1cn2ncnc(Oc3cnc4[nH]ccc4c3F)c2c1C. The number of hydrogen-bond donors (Lipinski definition) is 2. The van der Waals surface area contributed by atoms with Gasteiger partial charge in [-0.25, -0.2) is 13.9 Å². The van der Waals surface area contributed by atoms with Gasteiger partial charge in [0, 0.05) is 18.9 Å². The molecule has 0 aromatic carbocycles. The summed E-state index contributed by atoms with van der Waals surface area (Å²) < 4.78 is 32.4. The molecule has 0 bridgehead atoms. The number of aromatic nitrogens is 5. The van der Waals surface area contributed by atoms with Crippen molar-refractivity contribution < 1.29 is 23.7 Å². The molecular formula is C18H18FN5O4. The number of aliphatic hydroxyl groups excluding tert-OH is 1. The zero-order valence-electron chi connectivity index (χ0n) is 15.2. The van der Waals surface area contributed by atoms with E-state index in [0.29, 0.717) is 27.9 Å². The van der Waals surface area contributed by atoms with Crippen molar-refractivity contribution in [2.75, 3.05) is 20.3 Å². The molecule has 28 heavy (non-hydrogen) atoms. The maximum Gasteiger partial charge on any atom is 0.247 e. The minimum Gasteiger partial charge on any atom is -0.489 e. The smallest absolute Gasteiger partial charge is 0.247 e. The Balaban J connectivity index is 1.66. The fraction of sp³-hybridized carbons (Fsp3) is 0.278. The molecule has 9 nitrogen and oxygen atoms in total. The predicted octanol–water partition coefficient (Wildman–Crippen LogP) is 2.23. The Morgan fingerprint density at radius 3 is 2.96 bits per heavy atom. The van der Waals surface area contributed by atoms with Gasteiger partial charge in [0.2, 0.25) is 5.88 Å². The van der Waals surface area contributed by atoms with E-state index >= 15 is 0 Å². The molecule has 0 aliphatic carbocycles. The van der Waals surface area contributed by atoms with Gasteiger partial charge in [-0.2, -0.15) is 10.1 Å². The van der Waals surface area contributed by atoms with E-state index in [9.17, 15) is 9.50 Å². The van der Waals surface area contributed by atoms with Crippen LogP contribution in [0.4, 0.5) is 4.39 Å². The number of rotatable bonds is 7. The molecule has 4 aromatic heterocycles. The highest BCUT2D eigenvalue weighted by molar-refractivity contribution is 5.78. The number of fused-ring (bicyclic) bond motifs is 2. The molecule has 2 N–H and O–H groups in total. The molecule has 0 spiro atoms. The lowest BCUT2D eigenvalue weighted by Gasteiger charge is -2.10. The molecule has 4 aromatic rings. The number of H-pyrrole nitrogens is 1. The molecule has 0 saturated carbocycles. The van der Waals surface area contributed by atoms with Crippen LogP contribution in [-0.2, 0) is 4.74 Å². The van der Waals surface area contributed by atoms with Crippen molar-refractivity contribution in [3.8, 4) is 17.4 Å². The van der Waals surface area contributed by atoms with Gasteiger partial charge < -0.3 is 24.3 Å². The normalized spacial score (nSPS) is 12.6. The van der Waals surface area contributed by atoms with E-state index < -0.39 is 11.9 Å². The quantitative estimate of drug-likeness (QED) is 0.501. The van der Waals surface area contributed by atoms with Crippen LogP contribution in [0.5, 0.6) is 17.4 Å². The van der Waals surface area contributed by atoms with E-state index in [4.69, 9.17) is 14.2 Å². The van der Waals surface area contributed by atoms with Gasteiger partial charge >= 0.3 is 0 Å². The van der Waals surface area contributed by atoms with E-state index in [0.717, 1.165) is 0 Å². The molecule has 0 aliphatic heterocycles. The topological polar surface area (TPSA) is 107 Å². The predicted molar refractivity (Wildman–Crippen MR) is 97.2 cm³/mol. The van der Waals surface area contributed by atoms with Crippen LogP contribution in [-0.4, -0.2) is 56.1 Å². The Kier molecular flexibility index (Phi) is 4.80. The van der Waals surface area contributed by atoms with Gasteiger partial charge in [0.15, 0.2) is 11.6 Å². The largest absolute Gasteiger partial charge is 0.489 e. The maximum absolute atomic E-state index is 14.7. The Morgan fingerprint density at radius 2 is 2.14 bits per heavy atom. The van der Waals surface area contributed by atoms with Crippen LogP contribution in [0.3, 0.4) is 0 Å². The summed E-state index contributed by atoms with van der Waals surface area (Å²) in [5.74, 6) is 0.0771. The number of nitrogens with zero attached hydrogens (tertiary/aromatic N) is 4. The van der Waals surface area contributed by atoms with E-state index in [2.05, 4.69) is 20.1 Å². The highest BCUT2D eigenvalue weighted by Gasteiger charge is 2.19. The highest BCUT2D eigenvalue weighted by Crippen LogP contribution is 2.33. The molecule has 1 atom stereocenters. The Labute approximate surface area is 158 Å². The van der Waals surface area contributed by atoms with E-state index in [-0.39, 0.29) is 24.8 Å². The van der Waals surface area contributed by atoms with Crippen LogP contribution in [0.2, 0.25) is 0 Å². The first-order chi connectivity index (χ1) is 13.6. The van der Waals surface area contributed by atoms with Crippen molar-refractivity contribution in [2.45, 2.75) is 13.0 Å². The number of methoxy groups -OCH3 is 1. The van der Waals surface area contributed by atoms with Crippen LogP contribution in [0, 0.1) is 12.7 Å². The van der Waals surface area contributed by atoms with E-state index in [1.54, 1.807) is 25.4 Å². The molecule has 0 radical (unpaired) electrons. The minimum absolute atomic E-state index is 0.0497. The average Bonchev–Trinajstić information content (AvgIpc) is 3.28. The molecule has 0 unspecified atom stereocenters. The summed E-state index contributed by atoms with van der Waals surface area (Å²) in [6, 6.07) is 1.58. The number of aromatic amines is 1. The maximum atomic E-state index is 14.7. The number of pyridine rings is 1. The standard InChI is InChI=1S/C18H18FN5O4/c1-10-14(27-8-11(25)7-26-2)6-24-16(10)18(22-9-23-24)28-13-5-21-17-12(15(13)19)3-4-20-17/h3-6,9,11,25H,7-8H2,1-2H3,(H,20,21)/t11-/m0/s1. The van der Waals surface area contributed by atoms with Crippen molar-refractivity contribution >= 4 is 16.6 Å². The Morgan fingerprint density at radius 1 is 1.29 bits per heavy atom. The number of aryl methyl sites for hydroxylation is 1. The number of aliphatic hydroxyl groups is 1. The third kappa shape index (κ3) is 3.23. The van der Waals surface area contributed by atoms with Gasteiger partial charge in [-0.3, -0.25) is 0 Å². The second-order valence-electron chi connectivity index (χ2n) is 6.18. The van der Waals surface area contributed by atoms with Crippen molar-refractivity contribution in [3.05, 3.63) is 42.4 Å². The van der Waals surface area contributed by atoms with Crippen LogP contribution < -0.4 is 9.47 Å². The first kappa shape index (κ1) is 18.1. The summed E-state index contributed by atoms with van der Waals surface area (Å²) in [7, 11) is 1.50. The zero-order valence-corrected chi connectivity index (χ0v) is 15.2. The van der Waals surface area contributed by atoms with Crippen LogP contribution in [0.15, 0.2) is 31.0 Å². The Bertz CT molecular complexity index is 1130. The lowest BCUT2D eigenvalue weighted by Crippen LogP contribution is -2.22. The van der Waals surface area contributed by atoms with Crippen LogP contribution in [0.1, 0.15) is 5.56 Å². The van der Waals surface area contributed by atoms with Gasteiger partial charge in [0.25, 0.3) is 0 Å². The van der Waals surface area contributed by atoms with Gasteiger partial charge in [-0.05, 0) is 13.0 Å². The third-order valence-electron chi connectivity index (χ3n) is 4.23. The van der Waals surface area contributed by atoms with Crippen LogP contribution in [0.25, 0.3) is 16.6 Å². The van der Waals surface area contributed by atoms with Gasteiger partial charge in [-0.15, -0.1) is 0 Å². The monoisotopic (exact) mass is 387 g/mol. The van der Waals surface area contributed by atoms with Crippen molar-refractivity contribution in [3.63, 3.8) is 0 Å². The fourth-order valence-electron chi connectivity index (χ4n) is 2.88. The van der Waals surface area contributed by atoms with Crippen molar-refractivity contribution in [1.29, 1.82) is 0 Å². The second kappa shape index (κ2) is 7.41. The number of halogens is 1. The van der Waals surface area contributed by atoms with Gasteiger partial charge in [-0.1, -0.05) is 0 Å². The molecule has 4 heterocycles. The first-order valence-corrected chi connectivity index (χ1v) is 8.50. The second-order valence-corrected chi connectivity index (χ2v) is 6.18. The van der Waals surface area contributed by atoms with Crippen LogP contribution >= 0.6 is 0 Å². The molecule has 0 aliphatic rings. The summed E-state index contributed by atoms with van der Waals surface area (Å²) in [5, 5.41) is 14.2. The van der Waals surface area contributed by atoms with Crippen molar-refractivity contribution in [2.24, 2.45) is 0 Å². The summed E-state index contributed by atoms with van der Waals surface area (Å²) in [4.78, 5) is 11.1. The summed E-state index contributed by atoms with van der Waals surface area (Å²) in [6.45, 7) is 2.01. The molecule has 10 heteroatoms. The fourth-order valence-corrected chi connectivity index (χ4v) is 2.88. The summed E-state index contributed by atoms with van der Waals surface area (Å²) >= 11 is 0. The first-order valence-electron chi connectivity index (χ1n) is 8.50. The van der Waals surface area contributed by atoms with E-state index in [1.807, 2.05) is 0 Å². The molecular weight excluding hydrogens is 369 g/mol.